The second-order valence-electron chi connectivity index (χ2n) is 4.35. The van der Waals surface area contributed by atoms with Crippen molar-refractivity contribution in [2.45, 2.75) is 12.8 Å². The van der Waals surface area contributed by atoms with E-state index >= 15 is 0 Å². The molecule has 0 aliphatic carbocycles. The van der Waals surface area contributed by atoms with Crippen LogP contribution in [0.4, 0.5) is 0 Å². The molecule has 1 aromatic rings. The van der Waals surface area contributed by atoms with Crippen molar-refractivity contribution < 1.29 is 4.79 Å². The van der Waals surface area contributed by atoms with Crippen LogP contribution in [-0.2, 0) is 4.79 Å². The minimum Gasteiger partial charge on any atom is -0.330 e. The molecule has 5 N–H and O–H groups in total. The smallest absolute Gasteiger partial charge is 0.242 e. The van der Waals surface area contributed by atoms with Crippen molar-refractivity contribution >= 4 is 17.7 Å². The van der Waals surface area contributed by atoms with Crippen molar-refractivity contribution in [1.82, 2.24) is 5.43 Å². The maximum absolute atomic E-state index is 11.8. The Morgan fingerprint density at radius 3 is 2.56 bits per heavy atom. The maximum Gasteiger partial charge on any atom is 0.242 e. The van der Waals surface area contributed by atoms with E-state index in [1.54, 1.807) is 11.8 Å². The summed E-state index contributed by atoms with van der Waals surface area (Å²) >= 11 is 1.74. The van der Waals surface area contributed by atoms with Gasteiger partial charge in [-0.15, -0.1) is 0 Å². The minimum atomic E-state index is -0.203. The zero-order valence-corrected chi connectivity index (χ0v) is 11.5. The van der Waals surface area contributed by atoms with E-state index in [2.05, 4.69) is 12.3 Å². The van der Waals surface area contributed by atoms with Crippen LogP contribution < -0.4 is 17.0 Å². The summed E-state index contributed by atoms with van der Waals surface area (Å²) in [5.41, 5.74) is 8.81. The summed E-state index contributed by atoms with van der Waals surface area (Å²) in [5.74, 6) is 7.03. The zero-order valence-electron chi connectivity index (χ0n) is 10.6. The lowest BCUT2D eigenvalue weighted by molar-refractivity contribution is -0.122. The van der Waals surface area contributed by atoms with Gasteiger partial charge in [-0.3, -0.25) is 10.2 Å². The Kier molecular flexibility index (Phi) is 6.78. The van der Waals surface area contributed by atoms with Gasteiger partial charge in [0.05, 0.1) is 5.92 Å². The Morgan fingerprint density at radius 2 is 2.00 bits per heavy atom. The number of rotatable bonds is 7. The average Bonchev–Trinajstić information content (AvgIpc) is 2.43. The largest absolute Gasteiger partial charge is 0.330 e. The molecule has 2 atom stereocenters. The SMILES string of the molecule is CC(CN)CSCC(C(=O)NN)c1ccccc1. The average molecular weight is 267 g/mol. The molecule has 1 amide bonds. The highest BCUT2D eigenvalue weighted by Crippen LogP contribution is 2.22. The molecule has 1 aromatic carbocycles. The maximum atomic E-state index is 11.8. The van der Waals surface area contributed by atoms with Crippen molar-refractivity contribution in [3.63, 3.8) is 0 Å². The van der Waals surface area contributed by atoms with Gasteiger partial charge in [0, 0.05) is 5.75 Å². The van der Waals surface area contributed by atoms with Crippen LogP contribution in [-0.4, -0.2) is 24.0 Å². The lowest BCUT2D eigenvalue weighted by Crippen LogP contribution is -2.35. The van der Waals surface area contributed by atoms with Gasteiger partial charge in [0.25, 0.3) is 0 Å². The summed E-state index contributed by atoms with van der Waals surface area (Å²) in [5, 5.41) is 0. The first kappa shape index (κ1) is 15.0. The van der Waals surface area contributed by atoms with Crippen LogP contribution in [0.15, 0.2) is 30.3 Å². The van der Waals surface area contributed by atoms with Gasteiger partial charge in [0.15, 0.2) is 0 Å². The molecule has 0 fully saturated rings. The Hall–Kier alpha value is -1.04. The highest BCUT2D eigenvalue weighted by atomic mass is 32.2. The normalized spacial score (nSPS) is 13.9. The molecule has 0 aliphatic heterocycles. The molecule has 0 aromatic heterocycles. The number of benzene rings is 1. The fourth-order valence-electron chi connectivity index (χ4n) is 1.56. The van der Waals surface area contributed by atoms with Crippen LogP contribution in [0.5, 0.6) is 0 Å². The van der Waals surface area contributed by atoms with Crippen molar-refractivity contribution in [1.29, 1.82) is 0 Å². The topological polar surface area (TPSA) is 81.1 Å². The van der Waals surface area contributed by atoms with Gasteiger partial charge in [-0.05, 0) is 23.8 Å². The third kappa shape index (κ3) is 4.68. The molecule has 0 bridgehead atoms. The molecule has 4 nitrogen and oxygen atoms in total. The van der Waals surface area contributed by atoms with Crippen LogP contribution >= 0.6 is 11.8 Å². The lowest BCUT2D eigenvalue weighted by Gasteiger charge is -2.16. The monoisotopic (exact) mass is 267 g/mol. The van der Waals surface area contributed by atoms with Gasteiger partial charge >= 0.3 is 0 Å². The summed E-state index contributed by atoms with van der Waals surface area (Å²) < 4.78 is 0. The van der Waals surface area contributed by atoms with E-state index in [1.807, 2.05) is 30.3 Å². The van der Waals surface area contributed by atoms with Gasteiger partial charge in [-0.1, -0.05) is 37.3 Å². The van der Waals surface area contributed by atoms with E-state index in [1.165, 1.54) is 0 Å². The molecule has 0 saturated carbocycles. The summed E-state index contributed by atoms with van der Waals surface area (Å²) in [6, 6.07) is 9.70. The number of nitrogens with two attached hydrogens (primary N) is 2. The minimum absolute atomic E-state index is 0.144. The number of hydrogen-bond acceptors (Lipinski definition) is 4. The third-order valence-corrected chi connectivity index (χ3v) is 4.12. The molecular weight excluding hydrogens is 246 g/mol. The Balaban J connectivity index is 2.60. The second kappa shape index (κ2) is 8.13. The lowest BCUT2D eigenvalue weighted by atomic mass is 10.0. The van der Waals surface area contributed by atoms with E-state index in [0.717, 1.165) is 17.1 Å². The molecule has 2 unspecified atom stereocenters. The van der Waals surface area contributed by atoms with Crippen LogP contribution in [0.25, 0.3) is 0 Å². The van der Waals surface area contributed by atoms with Crippen LogP contribution in [0.1, 0.15) is 18.4 Å². The summed E-state index contributed by atoms with van der Waals surface area (Å²) in [6.07, 6.45) is 0. The number of hydrazine groups is 1. The van der Waals surface area contributed by atoms with E-state index in [-0.39, 0.29) is 11.8 Å². The van der Waals surface area contributed by atoms with Gasteiger partial charge in [0.1, 0.15) is 0 Å². The number of amides is 1. The number of thioether (sulfide) groups is 1. The highest BCUT2D eigenvalue weighted by Gasteiger charge is 2.19. The fraction of sp³-hybridized carbons (Fsp3) is 0.462. The van der Waals surface area contributed by atoms with E-state index in [0.29, 0.717) is 12.5 Å². The summed E-state index contributed by atoms with van der Waals surface area (Å²) in [4.78, 5) is 11.8. The molecule has 0 aliphatic rings. The first-order valence-corrected chi connectivity index (χ1v) is 7.17. The first-order valence-electron chi connectivity index (χ1n) is 6.02. The Bertz CT molecular complexity index is 359. The number of hydrogen-bond donors (Lipinski definition) is 3. The second-order valence-corrected chi connectivity index (χ2v) is 5.43. The molecule has 100 valence electrons. The van der Waals surface area contributed by atoms with E-state index in [4.69, 9.17) is 11.6 Å². The summed E-state index contributed by atoms with van der Waals surface area (Å²) in [7, 11) is 0. The van der Waals surface area contributed by atoms with Crippen molar-refractivity contribution in [2.24, 2.45) is 17.5 Å². The molecule has 0 radical (unpaired) electrons. The Labute approximate surface area is 112 Å². The van der Waals surface area contributed by atoms with Crippen molar-refractivity contribution in [3.8, 4) is 0 Å². The van der Waals surface area contributed by atoms with E-state index in [9.17, 15) is 4.79 Å². The fourth-order valence-corrected chi connectivity index (χ4v) is 2.82. The van der Waals surface area contributed by atoms with Crippen LogP contribution in [0, 0.1) is 5.92 Å². The zero-order chi connectivity index (χ0) is 13.4. The molecule has 0 spiro atoms. The molecular formula is C13H21N3OS. The number of nitrogens with one attached hydrogen (secondary N) is 1. The van der Waals surface area contributed by atoms with E-state index < -0.39 is 0 Å². The van der Waals surface area contributed by atoms with Crippen molar-refractivity contribution in [2.75, 3.05) is 18.1 Å². The standard InChI is InChI=1S/C13H21N3OS/c1-10(7-14)8-18-9-12(13(17)16-15)11-5-3-2-4-6-11/h2-6,10,12H,7-9,14-15H2,1H3,(H,16,17). The van der Waals surface area contributed by atoms with Gasteiger partial charge in [-0.25, -0.2) is 5.84 Å². The Morgan fingerprint density at radius 1 is 1.33 bits per heavy atom. The first-order chi connectivity index (χ1) is 8.69. The predicted octanol–water partition coefficient (Wildman–Crippen LogP) is 1.09. The van der Waals surface area contributed by atoms with Crippen LogP contribution in [0.2, 0.25) is 0 Å². The molecule has 18 heavy (non-hydrogen) atoms. The van der Waals surface area contributed by atoms with Gasteiger partial charge in [0.2, 0.25) is 5.91 Å². The highest BCUT2D eigenvalue weighted by molar-refractivity contribution is 7.99. The molecule has 1 rings (SSSR count). The molecule has 0 saturated heterocycles. The molecule has 5 heteroatoms. The quantitative estimate of drug-likeness (QED) is 0.392. The third-order valence-electron chi connectivity index (χ3n) is 2.75. The molecule has 0 heterocycles. The number of carbonyl (C=O) groups excluding carboxylic acids is 1. The number of carbonyl (C=O) groups is 1. The predicted molar refractivity (Wildman–Crippen MR) is 77.1 cm³/mol. The van der Waals surface area contributed by atoms with Crippen LogP contribution in [0.3, 0.4) is 0 Å². The van der Waals surface area contributed by atoms with Crippen molar-refractivity contribution in [3.05, 3.63) is 35.9 Å². The van der Waals surface area contributed by atoms with Gasteiger partial charge in [-0.2, -0.15) is 11.8 Å². The summed E-state index contributed by atoms with van der Waals surface area (Å²) in [6.45, 7) is 2.78. The van der Waals surface area contributed by atoms with Gasteiger partial charge < -0.3 is 5.73 Å².